The quantitative estimate of drug-likeness (QED) is 0.726. The molecule has 1 N–H and O–H groups in total. The first-order valence-electron chi connectivity index (χ1n) is 5.22. The number of benzene rings is 1. The van der Waals surface area contributed by atoms with Crippen LogP contribution in [0.4, 0.5) is 0 Å². The van der Waals surface area contributed by atoms with Crippen LogP contribution in [0.3, 0.4) is 0 Å². The fourth-order valence-corrected chi connectivity index (χ4v) is 1.62. The van der Waals surface area contributed by atoms with Crippen molar-refractivity contribution in [2.75, 3.05) is 0 Å². The van der Waals surface area contributed by atoms with Crippen molar-refractivity contribution in [3.8, 4) is 11.4 Å². The molecule has 0 saturated heterocycles. The molecule has 0 aliphatic carbocycles. The minimum absolute atomic E-state index is 0.560. The summed E-state index contributed by atoms with van der Waals surface area (Å²) in [6.45, 7) is 0.735. The van der Waals surface area contributed by atoms with E-state index in [9.17, 15) is 0 Å². The molecule has 2 heterocycles. The Labute approximate surface area is 97.3 Å². The van der Waals surface area contributed by atoms with E-state index in [1.165, 1.54) is 5.56 Å². The fourth-order valence-electron chi connectivity index (χ4n) is 1.62. The summed E-state index contributed by atoms with van der Waals surface area (Å²) in [5, 5.41) is 18.0. The molecule has 2 aromatic heterocycles. The number of H-pyrrole nitrogens is 1. The third-order valence-corrected chi connectivity index (χ3v) is 2.42. The summed E-state index contributed by atoms with van der Waals surface area (Å²) in [5.74, 6) is 0.560. The van der Waals surface area contributed by atoms with Crippen molar-refractivity contribution < 1.29 is 0 Å². The first-order chi connectivity index (χ1) is 8.42. The standard InChI is InChI=1S/C11H10N6/c1-2-4-9(5-3-1)7-17-8-10(6-12-17)11-13-15-16-14-11/h1-6,8H,7H2,(H,13,14,15,16). The number of aromatic amines is 1. The molecular formula is C11H10N6. The van der Waals surface area contributed by atoms with E-state index in [0.717, 1.165) is 12.1 Å². The molecule has 0 radical (unpaired) electrons. The van der Waals surface area contributed by atoms with Gasteiger partial charge in [-0.1, -0.05) is 30.3 Å². The summed E-state index contributed by atoms with van der Waals surface area (Å²) < 4.78 is 1.85. The zero-order chi connectivity index (χ0) is 11.5. The van der Waals surface area contributed by atoms with Crippen molar-refractivity contribution in [3.05, 3.63) is 48.3 Å². The molecule has 0 atom stereocenters. The number of nitrogens with one attached hydrogen (secondary N) is 1. The van der Waals surface area contributed by atoms with Crippen LogP contribution >= 0.6 is 0 Å². The van der Waals surface area contributed by atoms with Gasteiger partial charge >= 0.3 is 0 Å². The lowest BCUT2D eigenvalue weighted by Crippen LogP contribution is -1.99. The molecule has 0 aliphatic heterocycles. The molecule has 0 saturated carbocycles. The van der Waals surface area contributed by atoms with Gasteiger partial charge in [-0.3, -0.25) is 4.68 Å². The molecule has 6 heteroatoms. The van der Waals surface area contributed by atoms with Gasteiger partial charge in [-0.15, -0.1) is 10.2 Å². The molecule has 0 bridgehead atoms. The third-order valence-electron chi connectivity index (χ3n) is 2.42. The Morgan fingerprint density at radius 3 is 2.82 bits per heavy atom. The maximum absolute atomic E-state index is 4.26. The SMILES string of the molecule is c1ccc(Cn2cc(-c3nn[nH]n3)cn2)cc1. The molecule has 0 amide bonds. The number of hydrogen-bond acceptors (Lipinski definition) is 4. The molecular weight excluding hydrogens is 216 g/mol. The second kappa shape index (κ2) is 4.17. The smallest absolute Gasteiger partial charge is 0.207 e. The summed E-state index contributed by atoms with van der Waals surface area (Å²) in [6.07, 6.45) is 3.63. The molecule has 0 spiro atoms. The highest BCUT2D eigenvalue weighted by Crippen LogP contribution is 2.12. The van der Waals surface area contributed by atoms with E-state index in [0.29, 0.717) is 5.82 Å². The van der Waals surface area contributed by atoms with E-state index in [-0.39, 0.29) is 0 Å². The molecule has 1 aromatic carbocycles. The van der Waals surface area contributed by atoms with Crippen LogP contribution in [-0.2, 0) is 6.54 Å². The molecule has 17 heavy (non-hydrogen) atoms. The van der Waals surface area contributed by atoms with Gasteiger partial charge in [0.05, 0.1) is 18.3 Å². The second-order valence-electron chi connectivity index (χ2n) is 3.65. The predicted molar refractivity (Wildman–Crippen MR) is 60.9 cm³/mol. The highest BCUT2D eigenvalue weighted by atomic mass is 15.5. The Hall–Kier alpha value is -2.50. The van der Waals surface area contributed by atoms with Gasteiger partial charge in [-0.05, 0) is 10.8 Å². The van der Waals surface area contributed by atoms with Gasteiger partial charge in [0.2, 0.25) is 5.82 Å². The van der Waals surface area contributed by atoms with Crippen LogP contribution in [0.2, 0.25) is 0 Å². The minimum atomic E-state index is 0.560. The highest BCUT2D eigenvalue weighted by molar-refractivity contribution is 5.50. The van der Waals surface area contributed by atoms with Crippen LogP contribution in [0.25, 0.3) is 11.4 Å². The predicted octanol–water partition coefficient (Wildman–Crippen LogP) is 1.11. The first-order valence-corrected chi connectivity index (χ1v) is 5.22. The molecule has 0 aliphatic rings. The fraction of sp³-hybridized carbons (Fsp3) is 0.0909. The van der Waals surface area contributed by atoms with Crippen LogP contribution in [0.15, 0.2) is 42.7 Å². The van der Waals surface area contributed by atoms with Crippen LogP contribution in [0, 0.1) is 0 Å². The Kier molecular flexibility index (Phi) is 2.38. The lowest BCUT2D eigenvalue weighted by Gasteiger charge is -2.00. The second-order valence-corrected chi connectivity index (χ2v) is 3.65. The van der Waals surface area contributed by atoms with Crippen LogP contribution < -0.4 is 0 Å². The van der Waals surface area contributed by atoms with E-state index >= 15 is 0 Å². The largest absolute Gasteiger partial charge is 0.268 e. The zero-order valence-electron chi connectivity index (χ0n) is 8.98. The van der Waals surface area contributed by atoms with Crippen LogP contribution in [-0.4, -0.2) is 30.4 Å². The summed E-state index contributed by atoms with van der Waals surface area (Å²) in [6, 6.07) is 10.2. The molecule has 6 nitrogen and oxygen atoms in total. The maximum Gasteiger partial charge on any atom is 0.207 e. The molecule has 0 unspecified atom stereocenters. The average Bonchev–Trinajstić information content (AvgIpc) is 3.00. The van der Waals surface area contributed by atoms with Gasteiger partial charge in [0.25, 0.3) is 0 Å². The van der Waals surface area contributed by atoms with E-state index in [1.807, 2.05) is 29.1 Å². The van der Waals surface area contributed by atoms with Gasteiger partial charge in [0, 0.05) is 6.20 Å². The molecule has 3 rings (SSSR count). The topological polar surface area (TPSA) is 72.3 Å². The molecule has 84 valence electrons. The highest BCUT2D eigenvalue weighted by Gasteiger charge is 2.05. The lowest BCUT2D eigenvalue weighted by atomic mass is 10.2. The van der Waals surface area contributed by atoms with Gasteiger partial charge in [-0.2, -0.15) is 10.3 Å². The van der Waals surface area contributed by atoms with Crippen molar-refractivity contribution >= 4 is 0 Å². The Morgan fingerprint density at radius 2 is 2.06 bits per heavy atom. The number of tetrazole rings is 1. The Balaban J connectivity index is 1.82. The van der Waals surface area contributed by atoms with Gasteiger partial charge in [0.1, 0.15) is 0 Å². The van der Waals surface area contributed by atoms with E-state index in [1.54, 1.807) is 6.20 Å². The molecule has 3 aromatic rings. The van der Waals surface area contributed by atoms with Crippen molar-refractivity contribution in [2.24, 2.45) is 0 Å². The lowest BCUT2D eigenvalue weighted by molar-refractivity contribution is 0.687. The zero-order valence-corrected chi connectivity index (χ0v) is 8.98. The monoisotopic (exact) mass is 226 g/mol. The average molecular weight is 226 g/mol. The van der Waals surface area contributed by atoms with E-state index in [2.05, 4.69) is 37.9 Å². The number of nitrogens with zero attached hydrogens (tertiary/aromatic N) is 5. The first kappa shape index (κ1) is 9.71. The van der Waals surface area contributed by atoms with Crippen molar-refractivity contribution in [3.63, 3.8) is 0 Å². The molecule has 0 fully saturated rings. The Bertz CT molecular complexity index is 583. The summed E-state index contributed by atoms with van der Waals surface area (Å²) >= 11 is 0. The van der Waals surface area contributed by atoms with Crippen LogP contribution in [0.1, 0.15) is 5.56 Å². The van der Waals surface area contributed by atoms with E-state index < -0.39 is 0 Å². The number of rotatable bonds is 3. The number of hydrogen-bond donors (Lipinski definition) is 1. The minimum Gasteiger partial charge on any atom is -0.268 e. The summed E-state index contributed by atoms with van der Waals surface area (Å²) in [5.41, 5.74) is 2.06. The van der Waals surface area contributed by atoms with Gasteiger partial charge in [0.15, 0.2) is 0 Å². The summed E-state index contributed by atoms with van der Waals surface area (Å²) in [4.78, 5) is 0. The number of aromatic nitrogens is 6. The van der Waals surface area contributed by atoms with Crippen LogP contribution in [0.5, 0.6) is 0 Å². The Morgan fingerprint density at radius 1 is 1.18 bits per heavy atom. The normalized spacial score (nSPS) is 10.6. The third kappa shape index (κ3) is 2.05. The van der Waals surface area contributed by atoms with Crippen molar-refractivity contribution in [2.45, 2.75) is 6.54 Å². The van der Waals surface area contributed by atoms with Gasteiger partial charge in [-0.25, -0.2) is 0 Å². The maximum atomic E-state index is 4.26. The summed E-state index contributed by atoms with van der Waals surface area (Å²) in [7, 11) is 0. The van der Waals surface area contributed by atoms with Gasteiger partial charge < -0.3 is 0 Å². The van der Waals surface area contributed by atoms with Crippen molar-refractivity contribution in [1.82, 2.24) is 30.4 Å². The van der Waals surface area contributed by atoms with E-state index in [4.69, 9.17) is 0 Å². The van der Waals surface area contributed by atoms with Crippen molar-refractivity contribution in [1.29, 1.82) is 0 Å².